The molecule has 0 radical (unpaired) electrons. The standard InChI is InChI=1S/C28H32F3N3O5S/c1-5-38-25(36)18-8-7-11-33(14-18)21(35)13-19-15-40-27-32-24(28(29,30)31)22(26(37)39-6-2)23(34(19)27)20-12-16(3)9-10-17(20)4/h9-10,12,15,18,23H,5-8,11,13-14H2,1-4H3/t18-,23+/m1/s1. The van der Waals surface area contributed by atoms with Gasteiger partial charge in [0, 0.05) is 18.8 Å². The predicted octanol–water partition coefficient (Wildman–Crippen LogP) is 5.18. The minimum Gasteiger partial charge on any atom is -0.466 e. The second-order valence-corrected chi connectivity index (χ2v) is 10.7. The van der Waals surface area contributed by atoms with Gasteiger partial charge in [-0.1, -0.05) is 35.5 Å². The second-order valence-electron chi connectivity index (χ2n) is 9.84. The predicted molar refractivity (Wildman–Crippen MR) is 144 cm³/mol. The fourth-order valence-electron chi connectivity index (χ4n) is 5.16. The molecule has 40 heavy (non-hydrogen) atoms. The van der Waals surface area contributed by atoms with Crippen LogP contribution in [-0.4, -0.2) is 65.3 Å². The number of carbonyl (C=O) groups excluding carboxylic acids is 3. The summed E-state index contributed by atoms with van der Waals surface area (Å²) >= 11 is 0.973. The number of hydrogen-bond donors (Lipinski definition) is 0. The molecule has 3 heterocycles. The average molecular weight is 580 g/mol. The quantitative estimate of drug-likeness (QED) is 0.412. The molecule has 1 aromatic rings. The molecule has 2 atom stereocenters. The van der Waals surface area contributed by atoms with Crippen molar-refractivity contribution in [2.24, 2.45) is 10.9 Å². The Morgan fingerprint density at radius 1 is 1.12 bits per heavy atom. The zero-order valence-electron chi connectivity index (χ0n) is 22.8. The summed E-state index contributed by atoms with van der Waals surface area (Å²) in [6.07, 6.45) is -3.80. The van der Waals surface area contributed by atoms with E-state index in [0.717, 1.165) is 17.3 Å². The lowest BCUT2D eigenvalue weighted by Crippen LogP contribution is -2.44. The number of aliphatic imine (C=N–C) groups is 1. The van der Waals surface area contributed by atoms with E-state index in [-0.39, 0.29) is 43.2 Å². The number of benzene rings is 1. The van der Waals surface area contributed by atoms with Crippen LogP contribution in [0.4, 0.5) is 13.2 Å². The number of piperidine rings is 1. The normalized spacial score (nSPS) is 21.1. The highest BCUT2D eigenvalue weighted by Gasteiger charge is 2.49. The number of rotatable bonds is 7. The summed E-state index contributed by atoms with van der Waals surface area (Å²) in [5, 5.41) is 1.63. The smallest absolute Gasteiger partial charge is 0.434 e. The summed E-state index contributed by atoms with van der Waals surface area (Å²) in [7, 11) is 0. The van der Waals surface area contributed by atoms with Gasteiger partial charge in [0.15, 0.2) is 10.9 Å². The number of hydrogen-bond acceptors (Lipinski definition) is 8. The lowest BCUT2D eigenvalue weighted by atomic mass is 9.89. The van der Waals surface area contributed by atoms with Crippen molar-refractivity contribution in [3.63, 3.8) is 0 Å². The minimum atomic E-state index is -4.91. The highest BCUT2D eigenvalue weighted by atomic mass is 32.2. The monoisotopic (exact) mass is 579 g/mol. The van der Waals surface area contributed by atoms with Crippen LogP contribution in [0.15, 0.2) is 45.6 Å². The van der Waals surface area contributed by atoms with Crippen LogP contribution in [0.3, 0.4) is 0 Å². The van der Waals surface area contributed by atoms with Gasteiger partial charge in [-0.05, 0) is 57.1 Å². The van der Waals surface area contributed by atoms with Crippen molar-refractivity contribution in [3.8, 4) is 0 Å². The number of likely N-dealkylation sites (tertiary alicyclic amines) is 1. The summed E-state index contributed by atoms with van der Waals surface area (Å²) in [6.45, 7) is 7.63. The minimum absolute atomic E-state index is 0.0251. The van der Waals surface area contributed by atoms with Crippen LogP contribution < -0.4 is 0 Å². The molecule has 1 aromatic carbocycles. The molecule has 4 rings (SSSR count). The summed E-state index contributed by atoms with van der Waals surface area (Å²) in [4.78, 5) is 45.9. The molecular weight excluding hydrogens is 547 g/mol. The van der Waals surface area contributed by atoms with E-state index in [1.54, 1.807) is 41.2 Å². The van der Waals surface area contributed by atoms with Gasteiger partial charge in [0.05, 0.1) is 37.2 Å². The Labute approximate surface area is 235 Å². The number of carbonyl (C=O) groups is 3. The van der Waals surface area contributed by atoms with Crippen LogP contribution in [-0.2, 0) is 23.9 Å². The Morgan fingerprint density at radius 2 is 1.85 bits per heavy atom. The highest BCUT2D eigenvalue weighted by molar-refractivity contribution is 8.16. The zero-order valence-corrected chi connectivity index (χ0v) is 23.7. The largest absolute Gasteiger partial charge is 0.466 e. The Hall–Kier alpha value is -3.28. The molecule has 0 aromatic heterocycles. The van der Waals surface area contributed by atoms with E-state index in [1.807, 2.05) is 13.0 Å². The lowest BCUT2D eigenvalue weighted by Gasteiger charge is -2.38. The van der Waals surface area contributed by atoms with Crippen LogP contribution in [0.5, 0.6) is 0 Å². The first kappa shape index (κ1) is 29.7. The molecule has 3 aliphatic rings. The first-order chi connectivity index (χ1) is 19.0. The molecule has 1 amide bonds. The first-order valence-electron chi connectivity index (χ1n) is 13.2. The number of thioether (sulfide) groups is 1. The molecule has 3 aliphatic heterocycles. The summed E-state index contributed by atoms with van der Waals surface area (Å²) in [6, 6.07) is 4.16. The molecule has 0 N–H and O–H groups in total. The highest BCUT2D eigenvalue weighted by Crippen LogP contribution is 2.49. The summed E-state index contributed by atoms with van der Waals surface area (Å²) < 4.78 is 53.2. The van der Waals surface area contributed by atoms with Gasteiger partial charge in [0.2, 0.25) is 5.91 Å². The van der Waals surface area contributed by atoms with E-state index in [9.17, 15) is 27.6 Å². The second kappa shape index (κ2) is 12.1. The van der Waals surface area contributed by atoms with Crippen LogP contribution >= 0.6 is 11.8 Å². The van der Waals surface area contributed by atoms with Gasteiger partial charge in [0.25, 0.3) is 0 Å². The molecule has 1 fully saturated rings. The van der Waals surface area contributed by atoms with Crippen LogP contribution in [0.2, 0.25) is 0 Å². The SMILES string of the molecule is CCOC(=O)C1=C(C(F)(F)F)N=C2SC=C(CC(=O)N3CCC[C@@H](C(=O)OCC)C3)N2[C@H]1c1cc(C)ccc1C. The van der Waals surface area contributed by atoms with Crippen molar-refractivity contribution in [2.45, 2.75) is 59.2 Å². The summed E-state index contributed by atoms with van der Waals surface area (Å²) in [5.41, 5.74) is 0.460. The first-order valence-corrected chi connectivity index (χ1v) is 14.1. The Balaban J connectivity index is 1.72. The molecule has 8 nitrogen and oxygen atoms in total. The van der Waals surface area contributed by atoms with Crippen LogP contribution in [0.1, 0.15) is 55.8 Å². The van der Waals surface area contributed by atoms with Crippen LogP contribution in [0, 0.1) is 19.8 Å². The van der Waals surface area contributed by atoms with E-state index in [2.05, 4.69) is 4.99 Å². The van der Waals surface area contributed by atoms with E-state index in [4.69, 9.17) is 9.47 Å². The molecule has 0 unspecified atom stereocenters. The van der Waals surface area contributed by atoms with Gasteiger partial charge in [-0.3, -0.25) is 9.59 Å². The van der Waals surface area contributed by atoms with Crippen molar-refractivity contribution in [2.75, 3.05) is 26.3 Å². The Morgan fingerprint density at radius 3 is 2.52 bits per heavy atom. The number of nitrogens with zero attached hydrogens (tertiary/aromatic N) is 3. The van der Waals surface area contributed by atoms with Crippen LogP contribution in [0.25, 0.3) is 0 Å². The molecule has 0 bridgehead atoms. The maximum Gasteiger partial charge on any atom is 0.434 e. The number of alkyl halides is 3. The lowest BCUT2D eigenvalue weighted by molar-refractivity contribution is -0.151. The number of amidine groups is 1. The molecule has 1 saturated heterocycles. The Kier molecular flexibility index (Phi) is 8.96. The number of esters is 2. The van der Waals surface area contributed by atoms with Crippen molar-refractivity contribution >= 4 is 34.8 Å². The van der Waals surface area contributed by atoms with Crippen molar-refractivity contribution in [1.82, 2.24) is 9.80 Å². The van der Waals surface area contributed by atoms with Gasteiger partial charge in [-0.15, -0.1) is 0 Å². The average Bonchev–Trinajstić information content (AvgIpc) is 3.31. The number of halogens is 3. The van der Waals surface area contributed by atoms with Crippen molar-refractivity contribution < 1.29 is 37.0 Å². The van der Waals surface area contributed by atoms with Gasteiger partial charge >= 0.3 is 18.1 Å². The molecular formula is C28H32F3N3O5S. The number of aryl methyl sites for hydroxylation is 2. The maximum atomic E-state index is 14.3. The van der Waals surface area contributed by atoms with Crippen molar-refractivity contribution in [3.05, 3.63) is 57.3 Å². The molecule has 0 spiro atoms. The molecule has 216 valence electrons. The zero-order chi connectivity index (χ0) is 29.2. The molecule has 0 aliphatic carbocycles. The van der Waals surface area contributed by atoms with Crippen molar-refractivity contribution in [1.29, 1.82) is 0 Å². The topological polar surface area (TPSA) is 88.5 Å². The third kappa shape index (κ3) is 6.06. The van der Waals surface area contributed by atoms with E-state index >= 15 is 0 Å². The Bertz CT molecular complexity index is 1290. The fraction of sp³-hybridized carbons (Fsp3) is 0.500. The fourth-order valence-corrected chi connectivity index (χ4v) is 6.08. The number of amides is 1. The van der Waals surface area contributed by atoms with Gasteiger partial charge in [-0.25, -0.2) is 9.79 Å². The third-order valence-electron chi connectivity index (χ3n) is 7.03. The maximum absolute atomic E-state index is 14.3. The third-order valence-corrected chi connectivity index (χ3v) is 7.92. The summed E-state index contributed by atoms with van der Waals surface area (Å²) in [5.74, 6) is -2.16. The van der Waals surface area contributed by atoms with Gasteiger partial charge in [0.1, 0.15) is 0 Å². The van der Waals surface area contributed by atoms with Gasteiger partial charge in [-0.2, -0.15) is 13.2 Å². The van der Waals surface area contributed by atoms with E-state index < -0.39 is 35.4 Å². The number of fused-ring (bicyclic) bond motifs is 1. The van der Waals surface area contributed by atoms with E-state index in [0.29, 0.717) is 36.2 Å². The molecule has 0 saturated carbocycles. The number of ether oxygens (including phenoxy) is 2. The van der Waals surface area contributed by atoms with E-state index in [1.165, 1.54) is 6.92 Å². The number of allylic oxidation sites excluding steroid dienone is 1. The van der Waals surface area contributed by atoms with Gasteiger partial charge < -0.3 is 19.3 Å². The molecule has 12 heteroatoms.